The standard InChI is InChI=1S/C68H117NO48/c1-17-21(5)101-27(11-74)51(34(17)80)110-59-18(2)35(81)54(30(14-77)105-59)113-64-50(96)56(114-66-58(47(93)41(87)26(10-73)104-66)116-61-20(4)37(83)52(28(12-75)107-61)111-62-48(94)44(90)39(85)24(8-71)102-62)43(89)31(108-64)15-99-65-57(46(92)40(86)25(9-72)103-65)115-60-19(3)36(82)53(29(13-76)106-60)112-63-49(95)45(91)42(88)32(109-63)16-100-68(67(97)98)6-22(78)33(69)55(117-68)38(84)23(79)7-70/h17-66,70-96H,6-16,69H2,1-5H3,(H,97,98)/t17-,18+,19?,20+,21+,22-,23-,24?,25?,26-,27?,28?,29+,30?,31?,32?,33-,34?,35?,36?,37?,38-,39+,40-,41-,42+,43-,44?,45+,46?,47?,48+,49?,50-,51-,52-,53-,54-,55?,56?,57-,58?,59+,60+,61+,62+,63?,64+,65+,66-,68-/m1/s1. The van der Waals surface area contributed by atoms with Crippen LogP contribution < -0.4 is 5.73 Å². The maximum absolute atomic E-state index is 12.8. The van der Waals surface area contributed by atoms with Gasteiger partial charge in [0.15, 0.2) is 50.3 Å². The van der Waals surface area contributed by atoms with Gasteiger partial charge < -0.3 is 239 Å². The van der Waals surface area contributed by atoms with E-state index in [4.69, 9.17) is 95.7 Å². The van der Waals surface area contributed by atoms with Crippen LogP contribution in [-0.2, 0) is 94.8 Å². The first-order chi connectivity index (χ1) is 55.3. The third-order valence-electron chi connectivity index (χ3n) is 23.7. The van der Waals surface area contributed by atoms with Crippen LogP contribution in [0, 0.1) is 23.7 Å². The minimum atomic E-state index is -2.94. The highest BCUT2D eigenvalue weighted by atomic mass is 16.8. The van der Waals surface area contributed by atoms with Crippen LogP contribution in [0.15, 0.2) is 0 Å². The fourth-order valence-corrected chi connectivity index (χ4v) is 15.9. The van der Waals surface area contributed by atoms with Crippen molar-refractivity contribution in [3.8, 4) is 0 Å². The largest absolute Gasteiger partial charge is 0.477 e. The molecule has 10 saturated heterocycles. The van der Waals surface area contributed by atoms with Gasteiger partial charge in [-0.2, -0.15) is 0 Å². The zero-order valence-corrected chi connectivity index (χ0v) is 63.9. The van der Waals surface area contributed by atoms with E-state index in [1.165, 1.54) is 20.8 Å². The summed E-state index contributed by atoms with van der Waals surface area (Å²) in [4.78, 5) is 12.8. The second-order valence-corrected chi connectivity index (χ2v) is 31.4. The highest BCUT2D eigenvalue weighted by Crippen LogP contribution is 2.43. The molecule has 49 heteroatoms. The number of carboxylic acid groups (broad SMARTS) is 1. The first-order valence-electron chi connectivity index (χ1n) is 38.5. The average Bonchev–Trinajstić information content (AvgIpc) is 0.769. The van der Waals surface area contributed by atoms with Crippen LogP contribution in [0.4, 0.5) is 0 Å². The summed E-state index contributed by atoms with van der Waals surface area (Å²) >= 11 is 0. The van der Waals surface area contributed by atoms with Crippen LogP contribution in [0.1, 0.15) is 41.0 Å². The number of hydrogen-bond donors (Lipinski definition) is 29. The second-order valence-electron chi connectivity index (χ2n) is 31.4. The molecule has 10 fully saturated rings. The van der Waals surface area contributed by atoms with Crippen LogP contribution in [0.2, 0.25) is 0 Å². The molecule has 49 nitrogen and oxygen atoms in total. The minimum Gasteiger partial charge on any atom is -0.477 e. The van der Waals surface area contributed by atoms with Crippen LogP contribution in [0.25, 0.3) is 0 Å². The van der Waals surface area contributed by atoms with E-state index in [1.807, 2.05) is 0 Å². The van der Waals surface area contributed by atoms with Gasteiger partial charge in [0.1, 0.15) is 189 Å². The zero-order chi connectivity index (χ0) is 86.2. The number of nitrogens with two attached hydrogens (primary N) is 1. The van der Waals surface area contributed by atoms with Gasteiger partial charge in [-0.25, -0.2) is 4.79 Å². The topological polar surface area (TPSA) is 785 Å². The third-order valence-corrected chi connectivity index (χ3v) is 23.7. The zero-order valence-electron chi connectivity index (χ0n) is 63.9. The Labute approximate surface area is 666 Å². The van der Waals surface area contributed by atoms with Crippen molar-refractivity contribution in [1.29, 1.82) is 0 Å². The molecule has 0 spiro atoms. The van der Waals surface area contributed by atoms with Crippen molar-refractivity contribution >= 4 is 5.97 Å². The minimum absolute atomic E-state index is 0.552. The number of aliphatic carboxylic acids is 1. The smallest absolute Gasteiger partial charge is 0.364 e. The van der Waals surface area contributed by atoms with Gasteiger partial charge >= 0.3 is 5.97 Å². The molecule has 0 aromatic rings. The summed E-state index contributed by atoms with van der Waals surface area (Å²) in [5.41, 5.74) is 5.96. The van der Waals surface area contributed by atoms with Crippen molar-refractivity contribution in [3.63, 3.8) is 0 Å². The Bertz CT molecular complexity index is 3020. The maximum atomic E-state index is 12.8. The van der Waals surface area contributed by atoms with Crippen LogP contribution >= 0.6 is 0 Å². The van der Waals surface area contributed by atoms with Gasteiger partial charge in [0.25, 0.3) is 5.79 Å². The van der Waals surface area contributed by atoms with Gasteiger partial charge in [0.2, 0.25) is 0 Å². The molecule has 682 valence electrons. The molecule has 0 amide bonds. The molecule has 10 rings (SSSR count). The number of aliphatic hydroxyl groups excluding tert-OH is 27. The number of hydrogen-bond acceptors (Lipinski definition) is 48. The van der Waals surface area contributed by atoms with Crippen molar-refractivity contribution in [2.45, 2.75) is 329 Å². The molecule has 10 heterocycles. The second kappa shape index (κ2) is 41.4. The Morgan fingerprint density at radius 1 is 0.350 bits per heavy atom. The van der Waals surface area contributed by atoms with Gasteiger partial charge in [-0.3, -0.25) is 0 Å². The lowest BCUT2D eigenvalue weighted by atomic mass is 9.88. The van der Waals surface area contributed by atoms with Crippen molar-refractivity contribution in [2.75, 3.05) is 66.1 Å². The van der Waals surface area contributed by atoms with Crippen molar-refractivity contribution < 1.29 is 238 Å². The van der Waals surface area contributed by atoms with Gasteiger partial charge in [-0.05, 0) is 6.92 Å². The lowest BCUT2D eigenvalue weighted by Crippen LogP contribution is -2.68. The quantitative estimate of drug-likeness (QED) is 0.0306. The molecule has 20 unspecified atom stereocenters. The van der Waals surface area contributed by atoms with Gasteiger partial charge in [-0.1, -0.05) is 27.7 Å². The summed E-state index contributed by atoms with van der Waals surface area (Å²) in [6, 6.07) is -1.56. The lowest BCUT2D eigenvalue weighted by molar-refractivity contribution is -0.402. The Kier molecular flexibility index (Phi) is 34.2. The molecule has 0 aromatic carbocycles. The Morgan fingerprint density at radius 3 is 1.09 bits per heavy atom. The summed E-state index contributed by atoms with van der Waals surface area (Å²) in [5.74, 6) is -9.43. The Morgan fingerprint density at radius 2 is 0.675 bits per heavy atom. The highest BCUT2D eigenvalue weighted by Gasteiger charge is 2.62. The lowest BCUT2D eigenvalue weighted by Gasteiger charge is -2.51. The monoisotopic (exact) mass is 1720 g/mol. The fraction of sp³-hybridized carbons (Fsp3) is 0.985. The fourth-order valence-electron chi connectivity index (χ4n) is 15.9. The van der Waals surface area contributed by atoms with Crippen LogP contribution in [0.5, 0.6) is 0 Å². The van der Waals surface area contributed by atoms with E-state index in [0.717, 1.165) is 0 Å². The molecular weight excluding hydrogens is 1600 g/mol. The predicted octanol–water partition coefficient (Wildman–Crippen LogP) is -17.5. The molecular formula is C68H117NO48. The van der Waals surface area contributed by atoms with Gasteiger partial charge in [-0.15, -0.1) is 0 Å². The number of rotatable bonds is 31. The maximum Gasteiger partial charge on any atom is 0.364 e. The molecule has 0 bridgehead atoms. The number of ether oxygens (including phenoxy) is 19. The van der Waals surface area contributed by atoms with E-state index in [2.05, 4.69) is 0 Å². The van der Waals surface area contributed by atoms with E-state index >= 15 is 0 Å². The molecule has 117 heavy (non-hydrogen) atoms. The summed E-state index contributed by atoms with van der Waals surface area (Å²) in [5, 5.41) is 309. The van der Waals surface area contributed by atoms with E-state index in [-0.39, 0.29) is 0 Å². The van der Waals surface area contributed by atoms with Crippen LogP contribution in [0.3, 0.4) is 0 Å². The summed E-state index contributed by atoms with van der Waals surface area (Å²) in [7, 11) is 0. The van der Waals surface area contributed by atoms with E-state index in [1.54, 1.807) is 13.8 Å². The number of carboxylic acids is 1. The van der Waals surface area contributed by atoms with Crippen molar-refractivity contribution in [2.24, 2.45) is 29.4 Å². The molecule has 0 aromatic heterocycles. The number of aliphatic hydroxyl groups is 27. The summed E-state index contributed by atoms with van der Waals surface area (Å²) in [6.45, 7) is -2.70. The van der Waals surface area contributed by atoms with Crippen molar-refractivity contribution in [1.82, 2.24) is 0 Å². The molecule has 10 aliphatic heterocycles. The molecule has 0 radical (unpaired) electrons. The SMILES string of the molecule is CC1C(O)[C@H](OC2OC(CO[C@]3(C(=O)O)C[C@@H](O)[C@@H](N)C([C@H](O)[C@H](O)CO)O3)[C@H](O)[C@H](O)C2O)[C@H](CO)O[C@H]1O[C@@H]1C(O)[C@H](O)C(CO)O[C@@H]1OCC1O[C@@H](O[C@@H]2C(CO)O[C@@H](O[C@@H]3C(CO)O[C@@H](C)[C@@H](C)C3O)[C@@H](C)C2O)[C@H](O)C(O[C@H]2O[C@H](CO)[C@@H](O)C(O)C2O[C@@H]2OC(CO)[C@@H](O[C@@H]3OC(CO)[C@H](O)C(O)[C@@H]3O)C(O)[C@@H]2C)[C@@H]1O. The molecule has 10 aliphatic rings. The van der Waals surface area contributed by atoms with Gasteiger partial charge in [0.05, 0.1) is 109 Å². The normalized spacial score (nSPS) is 52.1. The number of carbonyl (C=O) groups is 1. The molecule has 30 N–H and O–H groups in total. The van der Waals surface area contributed by atoms with Crippen molar-refractivity contribution in [3.05, 3.63) is 0 Å². The average molecular weight is 1720 g/mol. The first-order valence-corrected chi connectivity index (χ1v) is 38.5. The Hall–Kier alpha value is -2.41. The van der Waals surface area contributed by atoms with E-state index in [0.29, 0.717) is 0 Å². The Balaban J connectivity index is 0.893. The highest BCUT2D eigenvalue weighted by molar-refractivity contribution is 5.76. The predicted molar refractivity (Wildman–Crippen MR) is 365 cm³/mol. The van der Waals surface area contributed by atoms with Gasteiger partial charge in [0, 0.05) is 30.1 Å². The van der Waals surface area contributed by atoms with E-state index in [9.17, 15) is 148 Å². The van der Waals surface area contributed by atoms with E-state index < -0.39 is 390 Å². The first kappa shape index (κ1) is 96.8. The van der Waals surface area contributed by atoms with Crippen LogP contribution in [-0.4, -0.2) is 503 Å². The molecule has 51 atom stereocenters. The third kappa shape index (κ3) is 20.2. The molecule has 0 aliphatic carbocycles. The summed E-state index contributed by atoms with van der Waals surface area (Å²) in [6.07, 6.45) is -85.6. The summed E-state index contributed by atoms with van der Waals surface area (Å²) < 4.78 is 114. The molecule has 0 saturated carbocycles.